The molecule has 2 N–H and O–H groups in total. The first-order valence-corrected chi connectivity index (χ1v) is 5.45. The number of hydrogen-bond donors (Lipinski definition) is 1. The topological polar surface area (TPSA) is 38.9 Å². The Morgan fingerprint density at radius 2 is 2.00 bits per heavy atom. The molecule has 76 valence electrons. The molecule has 1 aliphatic rings. The molecule has 1 saturated carbocycles. The number of fused-ring (bicyclic) bond motifs is 1. The highest BCUT2D eigenvalue weighted by Gasteiger charge is 2.31. The van der Waals surface area contributed by atoms with Crippen LogP contribution in [0.2, 0.25) is 0 Å². The van der Waals surface area contributed by atoms with Crippen molar-refractivity contribution in [2.45, 2.75) is 18.9 Å². The second-order valence-corrected chi connectivity index (χ2v) is 4.28. The van der Waals surface area contributed by atoms with E-state index in [0.29, 0.717) is 5.92 Å². The van der Waals surface area contributed by atoms with Crippen LogP contribution in [0.3, 0.4) is 0 Å². The van der Waals surface area contributed by atoms with Crippen molar-refractivity contribution in [2.24, 2.45) is 11.7 Å². The van der Waals surface area contributed by atoms with Gasteiger partial charge in [-0.15, -0.1) is 0 Å². The molecule has 1 atom stereocenters. The number of nitrogens with zero attached hydrogens (tertiary/aromatic N) is 1. The van der Waals surface area contributed by atoms with Crippen molar-refractivity contribution in [2.75, 3.05) is 0 Å². The fourth-order valence-corrected chi connectivity index (χ4v) is 2.09. The van der Waals surface area contributed by atoms with E-state index in [2.05, 4.69) is 23.2 Å². The monoisotopic (exact) mass is 198 g/mol. The highest BCUT2D eigenvalue weighted by atomic mass is 14.8. The van der Waals surface area contributed by atoms with Crippen molar-refractivity contribution in [3.05, 3.63) is 42.2 Å². The van der Waals surface area contributed by atoms with Crippen LogP contribution >= 0.6 is 0 Å². The summed E-state index contributed by atoms with van der Waals surface area (Å²) in [5.74, 6) is 0.656. The zero-order valence-electron chi connectivity index (χ0n) is 8.56. The summed E-state index contributed by atoms with van der Waals surface area (Å²) in [5.41, 5.74) is 7.27. The first-order chi connectivity index (χ1) is 7.36. The van der Waals surface area contributed by atoms with Gasteiger partial charge < -0.3 is 5.73 Å². The molecule has 0 spiro atoms. The van der Waals surface area contributed by atoms with Gasteiger partial charge >= 0.3 is 0 Å². The van der Waals surface area contributed by atoms with Crippen LogP contribution < -0.4 is 5.73 Å². The molecule has 0 unspecified atom stereocenters. The van der Waals surface area contributed by atoms with Crippen molar-refractivity contribution >= 4 is 10.8 Å². The first kappa shape index (κ1) is 8.86. The van der Waals surface area contributed by atoms with Gasteiger partial charge in [-0.05, 0) is 30.2 Å². The number of pyridine rings is 1. The molecule has 0 radical (unpaired) electrons. The maximum atomic E-state index is 6.20. The van der Waals surface area contributed by atoms with Crippen LogP contribution in [0.15, 0.2) is 36.5 Å². The van der Waals surface area contributed by atoms with E-state index in [9.17, 15) is 0 Å². The van der Waals surface area contributed by atoms with Crippen molar-refractivity contribution in [3.8, 4) is 0 Å². The number of aromatic nitrogens is 1. The smallest absolute Gasteiger partial charge is 0.0651 e. The molecule has 0 amide bonds. The van der Waals surface area contributed by atoms with E-state index in [1.807, 2.05) is 18.3 Å². The molecule has 15 heavy (non-hydrogen) atoms. The molecular weight excluding hydrogens is 184 g/mol. The minimum absolute atomic E-state index is 0.121. The van der Waals surface area contributed by atoms with Crippen molar-refractivity contribution in [3.63, 3.8) is 0 Å². The van der Waals surface area contributed by atoms with Crippen LogP contribution in [0.5, 0.6) is 0 Å². The molecule has 1 aliphatic carbocycles. The molecule has 1 aromatic carbocycles. The van der Waals surface area contributed by atoms with E-state index in [1.165, 1.54) is 23.6 Å². The quantitative estimate of drug-likeness (QED) is 0.805. The summed E-state index contributed by atoms with van der Waals surface area (Å²) < 4.78 is 0. The Balaban J connectivity index is 2.16. The van der Waals surface area contributed by atoms with Gasteiger partial charge in [0.1, 0.15) is 0 Å². The molecule has 1 fully saturated rings. The van der Waals surface area contributed by atoms with E-state index in [1.54, 1.807) is 0 Å². The van der Waals surface area contributed by atoms with Gasteiger partial charge in [-0.3, -0.25) is 4.98 Å². The summed E-state index contributed by atoms with van der Waals surface area (Å²) in [6, 6.07) is 10.5. The molecule has 1 heterocycles. The molecular formula is C13H14N2. The van der Waals surface area contributed by atoms with Crippen molar-refractivity contribution < 1.29 is 0 Å². The molecule has 0 saturated heterocycles. The zero-order valence-corrected chi connectivity index (χ0v) is 8.56. The first-order valence-electron chi connectivity index (χ1n) is 5.45. The largest absolute Gasteiger partial charge is 0.322 e. The van der Waals surface area contributed by atoms with Crippen LogP contribution in [0, 0.1) is 5.92 Å². The summed E-state index contributed by atoms with van der Waals surface area (Å²) in [6.07, 6.45) is 4.37. The van der Waals surface area contributed by atoms with Crippen LogP contribution in [0.1, 0.15) is 24.6 Å². The predicted molar refractivity (Wildman–Crippen MR) is 61.4 cm³/mol. The molecule has 1 aromatic heterocycles. The average Bonchev–Trinajstić information content (AvgIpc) is 3.11. The van der Waals surface area contributed by atoms with Crippen LogP contribution in [0.25, 0.3) is 10.8 Å². The average molecular weight is 198 g/mol. The number of rotatable bonds is 2. The standard InChI is InChI=1S/C13H14N2/c14-12(10-5-6-10)13-11-4-2-1-3-9(11)7-8-15-13/h1-4,7-8,10,12H,5-6,14H2/t12-/m0/s1. The summed E-state index contributed by atoms with van der Waals surface area (Å²) >= 11 is 0. The number of nitrogens with two attached hydrogens (primary N) is 1. The predicted octanol–water partition coefficient (Wildman–Crippen LogP) is 2.64. The summed E-state index contributed by atoms with van der Waals surface area (Å²) in [4.78, 5) is 4.44. The fraction of sp³-hybridized carbons (Fsp3) is 0.308. The van der Waals surface area contributed by atoms with Crippen molar-refractivity contribution in [1.29, 1.82) is 0 Å². The zero-order chi connectivity index (χ0) is 10.3. The van der Waals surface area contributed by atoms with E-state index in [4.69, 9.17) is 5.73 Å². The van der Waals surface area contributed by atoms with Crippen molar-refractivity contribution in [1.82, 2.24) is 4.98 Å². The van der Waals surface area contributed by atoms with Gasteiger partial charge in [0, 0.05) is 11.6 Å². The third kappa shape index (κ3) is 1.51. The summed E-state index contributed by atoms with van der Waals surface area (Å²) in [7, 11) is 0. The van der Waals surface area contributed by atoms with Gasteiger partial charge in [-0.1, -0.05) is 24.3 Å². The summed E-state index contributed by atoms with van der Waals surface area (Å²) in [5, 5.41) is 2.44. The Bertz CT molecular complexity index is 483. The van der Waals surface area contributed by atoms with Gasteiger partial charge in [0.2, 0.25) is 0 Å². The van der Waals surface area contributed by atoms with Gasteiger partial charge in [0.05, 0.1) is 11.7 Å². The van der Waals surface area contributed by atoms with Crippen LogP contribution in [-0.4, -0.2) is 4.98 Å². The van der Waals surface area contributed by atoms with E-state index < -0.39 is 0 Å². The number of hydrogen-bond acceptors (Lipinski definition) is 2. The van der Waals surface area contributed by atoms with E-state index >= 15 is 0 Å². The van der Waals surface area contributed by atoms with Gasteiger partial charge in [0.15, 0.2) is 0 Å². The van der Waals surface area contributed by atoms with Gasteiger partial charge in [-0.25, -0.2) is 0 Å². The lowest BCUT2D eigenvalue weighted by Gasteiger charge is -2.12. The second-order valence-electron chi connectivity index (χ2n) is 4.28. The lowest BCUT2D eigenvalue weighted by atomic mass is 10.0. The fourth-order valence-electron chi connectivity index (χ4n) is 2.09. The Morgan fingerprint density at radius 3 is 2.80 bits per heavy atom. The highest BCUT2D eigenvalue weighted by molar-refractivity contribution is 5.84. The molecule has 2 heteroatoms. The Kier molecular flexibility index (Phi) is 1.96. The normalized spacial score (nSPS) is 17.9. The van der Waals surface area contributed by atoms with Gasteiger partial charge in [-0.2, -0.15) is 0 Å². The second kappa shape index (κ2) is 3.31. The molecule has 0 aliphatic heterocycles. The van der Waals surface area contributed by atoms with Crippen LogP contribution in [-0.2, 0) is 0 Å². The number of benzene rings is 1. The maximum Gasteiger partial charge on any atom is 0.0651 e. The Hall–Kier alpha value is -1.41. The molecule has 0 bridgehead atoms. The Labute approximate surface area is 89.1 Å². The summed E-state index contributed by atoms with van der Waals surface area (Å²) in [6.45, 7) is 0. The third-order valence-corrected chi connectivity index (χ3v) is 3.15. The van der Waals surface area contributed by atoms with E-state index in [-0.39, 0.29) is 6.04 Å². The lowest BCUT2D eigenvalue weighted by molar-refractivity contribution is 0.620. The third-order valence-electron chi connectivity index (χ3n) is 3.15. The minimum Gasteiger partial charge on any atom is -0.322 e. The minimum atomic E-state index is 0.121. The maximum absolute atomic E-state index is 6.20. The highest BCUT2D eigenvalue weighted by Crippen LogP contribution is 2.40. The van der Waals surface area contributed by atoms with Crippen LogP contribution in [0.4, 0.5) is 0 Å². The Morgan fingerprint density at radius 1 is 1.20 bits per heavy atom. The van der Waals surface area contributed by atoms with Gasteiger partial charge in [0.25, 0.3) is 0 Å². The molecule has 2 aromatic rings. The molecule has 2 nitrogen and oxygen atoms in total. The van der Waals surface area contributed by atoms with E-state index in [0.717, 1.165) is 5.69 Å². The lowest BCUT2D eigenvalue weighted by Crippen LogP contribution is -2.14. The molecule has 3 rings (SSSR count). The SMILES string of the molecule is N[C@H](c1nccc2ccccc12)C1CC1.